The number of imide groups is 1. The zero-order chi connectivity index (χ0) is 19.0. The van der Waals surface area contributed by atoms with Crippen LogP contribution in [0.4, 0.5) is 0 Å². The van der Waals surface area contributed by atoms with Crippen molar-refractivity contribution in [2.75, 3.05) is 13.1 Å². The summed E-state index contributed by atoms with van der Waals surface area (Å²) in [5.41, 5.74) is 7.07. The summed E-state index contributed by atoms with van der Waals surface area (Å²) in [7, 11) is 0. The van der Waals surface area contributed by atoms with E-state index in [1.807, 2.05) is 24.3 Å². The average Bonchev–Trinajstić information content (AvgIpc) is 3.52. The summed E-state index contributed by atoms with van der Waals surface area (Å²) >= 11 is 0. The van der Waals surface area contributed by atoms with Crippen LogP contribution in [0.25, 0.3) is 10.8 Å². The molecule has 4 rings (SSSR count). The molecule has 148 valence electrons. The summed E-state index contributed by atoms with van der Waals surface area (Å²) in [5.74, 6) is -0.136. The van der Waals surface area contributed by atoms with Crippen LogP contribution in [0, 0.1) is 5.92 Å². The van der Waals surface area contributed by atoms with Crippen LogP contribution < -0.4 is 11.1 Å². The lowest BCUT2D eigenvalue weighted by molar-refractivity contribution is -0.121. The predicted octanol–water partition coefficient (Wildman–Crippen LogP) is 2.49. The Morgan fingerprint density at radius 1 is 1.11 bits per heavy atom. The maximum absolute atomic E-state index is 12.8. The second-order valence-corrected chi connectivity index (χ2v) is 7.38. The number of halogens is 1. The molecule has 1 heterocycles. The molecule has 28 heavy (non-hydrogen) atoms. The number of carbonyl (C=O) groups is 3. The molecule has 1 aliphatic carbocycles. The Balaban J connectivity index is 0.00000225. The number of hydrogen-bond acceptors (Lipinski definition) is 4. The number of nitrogens with one attached hydrogen (secondary N) is 1. The molecule has 2 aromatic rings. The summed E-state index contributed by atoms with van der Waals surface area (Å²) in [6, 6.07) is 11.0. The van der Waals surface area contributed by atoms with Crippen molar-refractivity contribution in [3.8, 4) is 0 Å². The van der Waals surface area contributed by atoms with E-state index in [1.54, 1.807) is 12.1 Å². The van der Waals surface area contributed by atoms with Crippen molar-refractivity contribution in [3.63, 3.8) is 0 Å². The molecule has 2 aliphatic rings. The topological polar surface area (TPSA) is 92.5 Å². The number of hydrogen-bond donors (Lipinski definition) is 2. The lowest BCUT2D eigenvalue weighted by atomic mass is 9.94. The molecule has 3 amide bonds. The highest BCUT2D eigenvalue weighted by Crippen LogP contribution is 2.31. The van der Waals surface area contributed by atoms with Crippen molar-refractivity contribution in [3.05, 3.63) is 47.5 Å². The summed E-state index contributed by atoms with van der Waals surface area (Å²) in [6.07, 6.45) is 2.98. The minimum Gasteiger partial charge on any atom is -0.355 e. The Bertz CT molecular complexity index is 876. The molecule has 1 saturated carbocycles. The lowest BCUT2D eigenvalue weighted by Gasteiger charge is -2.27. The third-order valence-corrected chi connectivity index (χ3v) is 5.40. The predicted molar refractivity (Wildman–Crippen MR) is 110 cm³/mol. The Kier molecular flexibility index (Phi) is 6.01. The number of nitrogens with zero attached hydrogens (tertiary/aromatic N) is 1. The van der Waals surface area contributed by atoms with E-state index in [0.717, 1.165) is 23.6 Å². The fourth-order valence-electron chi connectivity index (χ4n) is 3.69. The Labute approximate surface area is 169 Å². The van der Waals surface area contributed by atoms with E-state index in [2.05, 4.69) is 5.32 Å². The van der Waals surface area contributed by atoms with E-state index in [0.29, 0.717) is 30.0 Å². The van der Waals surface area contributed by atoms with Crippen LogP contribution in [-0.2, 0) is 4.79 Å². The number of amides is 3. The van der Waals surface area contributed by atoms with Gasteiger partial charge >= 0.3 is 0 Å². The second kappa shape index (κ2) is 8.29. The summed E-state index contributed by atoms with van der Waals surface area (Å²) in [6.45, 7) is 0.713. The van der Waals surface area contributed by atoms with Gasteiger partial charge < -0.3 is 11.1 Å². The van der Waals surface area contributed by atoms with Gasteiger partial charge in [0.25, 0.3) is 11.8 Å². The number of carbonyl (C=O) groups excluding carboxylic acids is 3. The molecule has 3 N–H and O–H groups in total. The van der Waals surface area contributed by atoms with Gasteiger partial charge in [-0.1, -0.05) is 24.3 Å². The Morgan fingerprint density at radius 2 is 1.71 bits per heavy atom. The van der Waals surface area contributed by atoms with Crippen molar-refractivity contribution in [2.45, 2.75) is 31.7 Å². The largest absolute Gasteiger partial charge is 0.355 e. The molecular weight excluding hydrogens is 378 g/mol. The standard InChI is InChI=1S/C21H23N3O3.ClH/c22-17(13-9-10-13)12-23-18(25)8-3-11-24-20(26)15-6-1-4-14-5-2-7-16(19(14)15)21(24)27;/h1-2,4-7,13,17H,3,8-12,22H2,(H,23,25);1H. The van der Waals surface area contributed by atoms with Crippen molar-refractivity contribution >= 4 is 40.9 Å². The van der Waals surface area contributed by atoms with Gasteiger partial charge in [-0.2, -0.15) is 0 Å². The average molecular weight is 402 g/mol. The van der Waals surface area contributed by atoms with Crippen molar-refractivity contribution in [2.24, 2.45) is 11.7 Å². The van der Waals surface area contributed by atoms with Crippen LogP contribution in [0.15, 0.2) is 36.4 Å². The molecule has 1 aliphatic heterocycles. The van der Waals surface area contributed by atoms with Gasteiger partial charge in [0.15, 0.2) is 0 Å². The molecule has 2 aromatic carbocycles. The summed E-state index contributed by atoms with van der Waals surface area (Å²) in [5, 5.41) is 4.45. The van der Waals surface area contributed by atoms with Crippen molar-refractivity contribution in [1.82, 2.24) is 10.2 Å². The minimum atomic E-state index is -0.291. The van der Waals surface area contributed by atoms with Crippen LogP contribution in [0.5, 0.6) is 0 Å². The second-order valence-electron chi connectivity index (χ2n) is 7.38. The quantitative estimate of drug-likeness (QED) is 0.697. The van der Waals surface area contributed by atoms with Crippen LogP contribution >= 0.6 is 12.4 Å². The van der Waals surface area contributed by atoms with Gasteiger partial charge in [0.05, 0.1) is 0 Å². The van der Waals surface area contributed by atoms with E-state index in [4.69, 9.17) is 5.73 Å². The maximum Gasteiger partial charge on any atom is 0.261 e. The van der Waals surface area contributed by atoms with Crippen LogP contribution in [0.1, 0.15) is 46.4 Å². The van der Waals surface area contributed by atoms with Gasteiger partial charge in [0, 0.05) is 42.1 Å². The third-order valence-electron chi connectivity index (χ3n) is 5.40. The van der Waals surface area contributed by atoms with Gasteiger partial charge in [-0.3, -0.25) is 19.3 Å². The smallest absolute Gasteiger partial charge is 0.261 e. The SMILES string of the molecule is Cl.NC(CNC(=O)CCCN1C(=O)c2cccc3cccc(c23)C1=O)C1CC1. The monoisotopic (exact) mass is 401 g/mol. The zero-order valence-electron chi connectivity index (χ0n) is 15.5. The van der Waals surface area contributed by atoms with Crippen LogP contribution in [-0.4, -0.2) is 41.8 Å². The first kappa shape index (κ1) is 20.3. The van der Waals surface area contributed by atoms with Gasteiger partial charge in [-0.15, -0.1) is 12.4 Å². The van der Waals surface area contributed by atoms with Crippen LogP contribution in [0.3, 0.4) is 0 Å². The highest BCUT2D eigenvalue weighted by molar-refractivity contribution is 6.25. The minimum absolute atomic E-state index is 0. The number of rotatable bonds is 7. The Hall–Kier alpha value is -2.44. The summed E-state index contributed by atoms with van der Waals surface area (Å²) < 4.78 is 0. The number of nitrogens with two attached hydrogens (primary N) is 1. The fourth-order valence-corrected chi connectivity index (χ4v) is 3.69. The molecule has 1 unspecified atom stereocenters. The molecule has 0 bridgehead atoms. The molecule has 0 spiro atoms. The van der Waals surface area contributed by atoms with E-state index in [9.17, 15) is 14.4 Å². The van der Waals surface area contributed by atoms with E-state index < -0.39 is 0 Å². The molecule has 0 saturated heterocycles. The Morgan fingerprint density at radius 3 is 2.29 bits per heavy atom. The highest BCUT2D eigenvalue weighted by atomic mass is 35.5. The van der Waals surface area contributed by atoms with E-state index >= 15 is 0 Å². The van der Waals surface area contributed by atoms with Crippen molar-refractivity contribution in [1.29, 1.82) is 0 Å². The molecule has 0 radical (unpaired) electrons. The molecule has 0 aromatic heterocycles. The van der Waals surface area contributed by atoms with E-state index in [-0.39, 0.29) is 49.1 Å². The maximum atomic E-state index is 12.8. The first-order chi connectivity index (χ1) is 13.1. The molecule has 1 atom stereocenters. The van der Waals surface area contributed by atoms with Gasteiger partial charge in [-0.05, 0) is 42.7 Å². The van der Waals surface area contributed by atoms with Crippen LogP contribution in [0.2, 0.25) is 0 Å². The van der Waals surface area contributed by atoms with E-state index in [1.165, 1.54) is 4.90 Å². The third kappa shape index (κ3) is 3.88. The van der Waals surface area contributed by atoms with Gasteiger partial charge in [0.1, 0.15) is 0 Å². The molecule has 7 heteroatoms. The first-order valence-corrected chi connectivity index (χ1v) is 9.46. The molecular formula is C21H24ClN3O3. The fraction of sp³-hybridized carbons (Fsp3) is 0.381. The highest BCUT2D eigenvalue weighted by Gasteiger charge is 2.32. The summed E-state index contributed by atoms with van der Waals surface area (Å²) in [4.78, 5) is 38.8. The van der Waals surface area contributed by atoms with Gasteiger partial charge in [0.2, 0.25) is 5.91 Å². The lowest BCUT2D eigenvalue weighted by Crippen LogP contribution is -2.41. The number of benzene rings is 2. The normalized spacial score (nSPS) is 16.7. The molecule has 6 nitrogen and oxygen atoms in total. The zero-order valence-corrected chi connectivity index (χ0v) is 16.3. The van der Waals surface area contributed by atoms with Gasteiger partial charge in [-0.25, -0.2) is 0 Å². The molecule has 1 fully saturated rings. The first-order valence-electron chi connectivity index (χ1n) is 9.46. The van der Waals surface area contributed by atoms with Crippen molar-refractivity contribution < 1.29 is 14.4 Å².